The summed E-state index contributed by atoms with van der Waals surface area (Å²) in [6, 6.07) is 28.7. The molecule has 245 valence electrons. The van der Waals surface area contributed by atoms with E-state index in [1.807, 2.05) is 50.2 Å². The number of para-hydroxylation sites is 2. The van der Waals surface area contributed by atoms with Gasteiger partial charge in [0.1, 0.15) is 17.8 Å². The Bertz CT molecular complexity index is 2130. The van der Waals surface area contributed by atoms with Crippen LogP contribution in [0.15, 0.2) is 84.9 Å². The van der Waals surface area contributed by atoms with E-state index in [0.29, 0.717) is 31.5 Å². The van der Waals surface area contributed by atoms with E-state index in [1.165, 1.54) is 0 Å². The number of nitrogens with zero attached hydrogens (tertiary/aromatic N) is 5. The minimum atomic E-state index is -0.552. The molecule has 4 aromatic carbocycles. The number of aromatic nitrogens is 4. The third-order valence-corrected chi connectivity index (χ3v) is 9.73. The van der Waals surface area contributed by atoms with Gasteiger partial charge in [0.15, 0.2) is 0 Å². The van der Waals surface area contributed by atoms with Crippen LogP contribution in [0.1, 0.15) is 67.3 Å². The third-order valence-electron chi connectivity index (χ3n) is 9.73. The van der Waals surface area contributed by atoms with E-state index in [-0.39, 0.29) is 12.1 Å². The standard InChI is InChI=1S/C40H42N5O3/c1-6-11-36-42-37-26(2)22-29(38-41-33-14-9-10-15-34(33)43(38)5)23-35(37)44(36)25-27-16-18-28(19-17-27)31-12-7-8-13-32(31)39(46)48-30-20-21-45(47)40(3,4)24-30/h7-10,12-19,22-23,30H,6,11,20-21,24-25H2,1-5H3. The first-order valence-corrected chi connectivity index (χ1v) is 16.9. The van der Waals surface area contributed by atoms with Gasteiger partial charge in [0.25, 0.3) is 0 Å². The molecular weight excluding hydrogens is 598 g/mol. The Labute approximate surface area is 281 Å². The second kappa shape index (κ2) is 12.7. The molecular formula is C40H42N5O3. The Balaban J connectivity index is 1.18. The first-order chi connectivity index (χ1) is 23.1. The van der Waals surface area contributed by atoms with E-state index in [1.54, 1.807) is 0 Å². The maximum atomic E-state index is 13.4. The third kappa shape index (κ3) is 5.91. The molecule has 1 unspecified atom stereocenters. The summed E-state index contributed by atoms with van der Waals surface area (Å²) in [6.07, 6.45) is 2.66. The van der Waals surface area contributed by atoms with Crippen molar-refractivity contribution < 1.29 is 14.7 Å². The molecule has 8 heteroatoms. The molecule has 1 atom stereocenters. The lowest BCUT2D eigenvalue weighted by Crippen LogP contribution is -2.49. The van der Waals surface area contributed by atoms with Gasteiger partial charge in [-0.2, -0.15) is 0 Å². The summed E-state index contributed by atoms with van der Waals surface area (Å²) < 4.78 is 10.4. The normalized spacial score (nSPS) is 16.5. The molecule has 1 aliphatic heterocycles. The number of carbonyl (C=O) groups excluding carboxylic acids is 1. The number of fused-ring (bicyclic) bond motifs is 2. The summed E-state index contributed by atoms with van der Waals surface area (Å²) in [4.78, 5) is 23.5. The van der Waals surface area contributed by atoms with Gasteiger partial charge in [-0.05, 0) is 86.2 Å². The Kier molecular flexibility index (Phi) is 8.39. The minimum Gasteiger partial charge on any atom is -0.459 e. The molecule has 3 heterocycles. The number of esters is 1. The molecule has 7 rings (SSSR count). The van der Waals surface area contributed by atoms with Gasteiger partial charge in [-0.1, -0.05) is 61.5 Å². The van der Waals surface area contributed by atoms with Gasteiger partial charge in [0, 0.05) is 44.1 Å². The molecule has 1 aliphatic rings. The lowest BCUT2D eigenvalue weighted by atomic mass is 9.90. The predicted molar refractivity (Wildman–Crippen MR) is 189 cm³/mol. The fourth-order valence-electron chi connectivity index (χ4n) is 7.09. The molecule has 6 aromatic rings. The van der Waals surface area contributed by atoms with E-state index >= 15 is 0 Å². The van der Waals surface area contributed by atoms with Crippen molar-refractivity contribution in [3.05, 3.63) is 107 Å². The van der Waals surface area contributed by atoms with Crippen LogP contribution < -0.4 is 0 Å². The molecule has 48 heavy (non-hydrogen) atoms. The zero-order chi connectivity index (χ0) is 33.6. The van der Waals surface area contributed by atoms with Crippen molar-refractivity contribution in [2.45, 2.75) is 71.6 Å². The summed E-state index contributed by atoms with van der Waals surface area (Å²) in [5.41, 5.74) is 9.32. The van der Waals surface area contributed by atoms with E-state index in [0.717, 1.165) is 79.4 Å². The first kappa shape index (κ1) is 31.8. The number of hydrogen-bond acceptors (Lipinski definition) is 5. The number of imidazole rings is 2. The van der Waals surface area contributed by atoms with Crippen LogP contribution in [0.4, 0.5) is 0 Å². The van der Waals surface area contributed by atoms with Gasteiger partial charge in [0.2, 0.25) is 0 Å². The van der Waals surface area contributed by atoms with Crippen molar-refractivity contribution in [1.29, 1.82) is 0 Å². The van der Waals surface area contributed by atoms with Crippen molar-refractivity contribution in [2.75, 3.05) is 6.54 Å². The number of hydroxylamine groups is 2. The largest absolute Gasteiger partial charge is 0.459 e. The zero-order valence-corrected chi connectivity index (χ0v) is 28.4. The molecule has 0 N–H and O–H groups in total. The maximum absolute atomic E-state index is 13.4. The number of rotatable bonds is 8. The van der Waals surface area contributed by atoms with Gasteiger partial charge in [0.05, 0.1) is 27.6 Å². The smallest absolute Gasteiger partial charge is 0.339 e. The Morgan fingerprint density at radius 2 is 1.69 bits per heavy atom. The van der Waals surface area contributed by atoms with E-state index < -0.39 is 5.54 Å². The summed E-state index contributed by atoms with van der Waals surface area (Å²) in [5.74, 6) is 1.66. The Morgan fingerprint density at radius 3 is 2.44 bits per heavy atom. The molecule has 0 saturated carbocycles. The van der Waals surface area contributed by atoms with Crippen molar-refractivity contribution in [1.82, 2.24) is 24.2 Å². The predicted octanol–water partition coefficient (Wildman–Crippen LogP) is 8.31. The van der Waals surface area contributed by atoms with Crippen molar-refractivity contribution in [2.24, 2.45) is 7.05 Å². The number of ether oxygens (including phenoxy) is 1. The van der Waals surface area contributed by atoms with Crippen LogP contribution in [-0.2, 0) is 30.0 Å². The topological polar surface area (TPSA) is 85.1 Å². The van der Waals surface area contributed by atoms with Crippen molar-refractivity contribution >= 4 is 28.0 Å². The monoisotopic (exact) mass is 640 g/mol. The van der Waals surface area contributed by atoms with Gasteiger partial charge < -0.3 is 13.9 Å². The van der Waals surface area contributed by atoms with Crippen LogP contribution in [-0.4, -0.2) is 48.3 Å². The average molecular weight is 641 g/mol. The fourth-order valence-corrected chi connectivity index (χ4v) is 7.09. The number of aryl methyl sites for hydroxylation is 3. The van der Waals surface area contributed by atoms with Crippen molar-refractivity contribution in [3.8, 4) is 22.5 Å². The summed E-state index contributed by atoms with van der Waals surface area (Å²) in [6.45, 7) is 9.15. The number of hydrogen-bond donors (Lipinski definition) is 0. The molecule has 1 fully saturated rings. The Hall–Kier alpha value is -4.79. The van der Waals surface area contributed by atoms with E-state index in [9.17, 15) is 10.0 Å². The highest BCUT2D eigenvalue weighted by Gasteiger charge is 2.37. The van der Waals surface area contributed by atoms with Gasteiger partial charge in [-0.25, -0.2) is 14.8 Å². The molecule has 1 radical (unpaired) electrons. The zero-order valence-electron chi connectivity index (χ0n) is 28.4. The Morgan fingerprint density at radius 1 is 0.938 bits per heavy atom. The van der Waals surface area contributed by atoms with E-state index in [4.69, 9.17) is 14.7 Å². The van der Waals surface area contributed by atoms with Crippen LogP contribution in [0.25, 0.3) is 44.6 Å². The lowest BCUT2D eigenvalue weighted by Gasteiger charge is -2.39. The SMILES string of the molecule is CCCc1nc2c(C)cc(-c3nc4ccccc4n3C)cc2n1Cc1ccc(-c2ccccc2C(=O)OC2CCN([O])C(C)(C)C2)cc1. The first-order valence-electron chi connectivity index (χ1n) is 16.9. The number of piperidine rings is 1. The van der Waals surface area contributed by atoms with Crippen LogP contribution in [0.5, 0.6) is 0 Å². The van der Waals surface area contributed by atoms with Gasteiger partial charge in [-0.3, -0.25) is 0 Å². The van der Waals surface area contributed by atoms with Crippen LogP contribution in [0.3, 0.4) is 0 Å². The molecule has 2 aromatic heterocycles. The quantitative estimate of drug-likeness (QED) is 0.156. The molecule has 1 saturated heterocycles. The van der Waals surface area contributed by atoms with Crippen LogP contribution >= 0.6 is 0 Å². The molecule has 0 bridgehead atoms. The number of carbonyl (C=O) groups is 1. The summed E-state index contributed by atoms with van der Waals surface area (Å²) >= 11 is 0. The maximum Gasteiger partial charge on any atom is 0.339 e. The minimum absolute atomic E-state index is 0.281. The molecule has 8 nitrogen and oxygen atoms in total. The average Bonchev–Trinajstić information content (AvgIpc) is 3.60. The van der Waals surface area contributed by atoms with Crippen molar-refractivity contribution in [3.63, 3.8) is 0 Å². The molecule has 0 aliphatic carbocycles. The highest BCUT2D eigenvalue weighted by molar-refractivity contribution is 5.97. The molecule has 0 amide bonds. The highest BCUT2D eigenvalue weighted by atomic mass is 16.5. The second-order valence-corrected chi connectivity index (χ2v) is 13.7. The van der Waals surface area contributed by atoms with E-state index in [2.05, 4.69) is 78.6 Å². The fraction of sp³-hybridized carbons (Fsp3) is 0.325. The van der Waals surface area contributed by atoms with Gasteiger partial charge >= 0.3 is 5.97 Å². The van der Waals surface area contributed by atoms with Crippen LogP contribution in [0, 0.1) is 6.92 Å². The lowest BCUT2D eigenvalue weighted by molar-refractivity contribution is -0.241. The second-order valence-electron chi connectivity index (χ2n) is 13.7. The highest BCUT2D eigenvalue weighted by Crippen LogP contribution is 2.33. The van der Waals surface area contributed by atoms with Gasteiger partial charge in [-0.15, -0.1) is 10.3 Å². The summed E-state index contributed by atoms with van der Waals surface area (Å²) in [7, 11) is 2.07. The molecule has 0 spiro atoms. The summed E-state index contributed by atoms with van der Waals surface area (Å²) in [5, 5.41) is 13.3. The number of benzene rings is 4. The van der Waals surface area contributed by atoms with Crippen LogP contribution in [0.2, 0.25) is 0 Å².